The molecule has 0 spiro atoms. The van der Waals surface area contributed by atoms with E-state index >= 15 is 0 Å². The lowest BCUT2D eigenvalue weighted by Crippen LogP contribution is -1.87. The molecule has 0 unspecified atom stereocenters. The van der Waals surface area contributed by atoms with Crippen molar-refractivity contribution in [1.29, 1.82) is 0 Å². The second-order valence-corrected chi connectivity index (χ2v) is 0.886. The van der Waals surface area contributed by atoms with Crippen molar-refractivity contribution in [3.05, 3.63) is 0 Å². The van der Waals surface area contributed by atoms with Crippen LogP contribution in [0.25, 0.3) is 0 Å². The van der Waals surface area contributed by atoms with E-state index in [0.29, 0.717) is 0 Å². The van der Waals surface area contributed by atoms with Crippen molar-refractivity contribution in [2.45, 2.75) is 0 Å². The van der Waals surface area contributed by atoms with Crippen LogP contribution in [0.2, 0.25) is 0 Å². The maximum atomic E-state index is 7.59. The highest BCUT2D eigenvalue weighted by Crippen LogP contribution is 1.70. The zero-order valence-electron chi connectivity index (χ0n) is 2.36. The average molecular weight is 79.1 g/mol. The molecule has 2 N–H and O–H groups in total. The summed E-state index contributed by atoms with van der Waals surface area (Å²) in [6.07, 6.45) is 1.74. The lowest BCUT2D eigenvalue weighted by molar-refractivity contribution is 0.259. The van der Waals surface area contributed by atoms with Crippen LogP contribution < -0.4 is 4.89 Å². The van der Waals surface area contributed by atoms with Gasteiger partial charge in [0.05, 0.1) is 0 Å². The van der Waals surface area contributed by atoms with E-state index in [0.717, 1.165) is 11.9 Å². The molecule has 0 amide bonds. The number of hydrogen-bond acceptors (Lipinski definition) is 3. The fourth-order valence-electron chi connectivity index (χ4n) is 0. The topological polar surface area (TPSA) is 32.3 Å². The molecule has 0 bridgehead atoms. The molecule has 2 nitrogen and oxygen atoms in total. The van der Waals surface area contributed by atoms with Crippen molar-refractivity contribution >= 4 is 11.9 Å². The van der Waals surface area contributed by atoms with Crippen molar-refractivity contribution in [2.24, 2.45) is 0 Å². The maximum Gasteiger partial charge on any atom is -0.00160 e. The monoisotopic (exact) mass is 79.0 g/mol. The third kappa shape index (κ3) is 2.27. The Bertz CT molecular complexity index is 10.0. The Hall–Kier alpha value is 0.270. The van der Waals surface area contributed by atoms with Gasteiger partial charge in [-0.1, -0.05) is 11.9 Å². The largest absolute Gasteiger partial charge is 0.306 e. The van der Waals surface area contributed by atoms with Gasteiger partial charge in [0.2, 0.25) is 0 Å². The van der Waals surface area contributed by atoms with E-state index in [2.05, 4.69) is 0 Å². The molecule has 0 aliphatic rings. The molecule has 3 heteroatoms. The van der Waals surface area contributed by atoms with E-state index in [1.165, 1.54) is 0 Å². The summed E-state index contributed by atoms with van der Waals surface area (Å²) in [5.41, 5.74) is 0. The van der Waals surface area contributed by atoms with Gasteiger partial charge in [-0.25, -0.2) is 0 Å². The molecule has 0 aromatic rings. The molecule has 0 aromatic heterocycles. The first-order valence-electron chi connectivity index (χ1n) is 0.836. The summed E-state index contributed by atoms with van der Waals surface area (Å²) in [5.74, 6) is 0. The van der Waals surface area contributed by atoms with Crippen LogP contribution in [0.3, 0.4) is 0 Å². The van der Waals surface area contributed by atoms with Gasteiger partial charge in [-0.05, 0) is 6.26 Å². The lowest BCUT2D eigenvalue weighted by atomic mass is 12.0. The fourth-order valence-corrected chi connectivity index (χ4v) is 0. The van der Waals surface area contributed by atoms with Crippen molar-refractivity contribution in [3.8, 4) is 0 Å². The second-order valence-electron chi connectivity index (χ2n) is 0.295. The molecule has 0 aliphatic heterocycles. The maximum absolute atomic E-state index is 7.59. The highest BCUT2D eigenvalue weighted by atomic mass is 32.2. The van der Waals surface area contributed by atoms with Crippen molar-refractivity contribution in [2.75, 3.05) is 6.26 Å². The van der Waals surface area contributed by atoms with Crippen molar-refractivity contribution in [3.63, 3.8) is 0 Å². The number of hydrogen-bond donors (Lipinski definition) is 2. The Kier molecular flexibility index (Phi) is 3.49. The Morgan fingerprint density at radius 3 is 2.25 bits per heavy atom. The van der Waals surface area contributed by atoms with Gasteiger partial charge in [-0.2, -0.15) is 0 Å². The third-order valence-corrected chi connectivity index (χ3v) is 0.274. The van der Waals surface area contributed by atoms with Crippen LogP contribution in [0.4, 0.5) is 0 Å². The predicted octanol–water partition coefficient (Wildman–Crippen LogP) is 0.243. The van der Waals surface area contributed by atoms with Crippen LogP contribution in [0.15, 0.2) is 0 Å². The summed E-state index contributed by atoms with van der Waals surface area (Å²) < 4.78 is 0. The smallest absolute Gasteiger partial charge is 0.00160 e. The molecule has 0 atom stereocenters. The van der Waals surface area contributed by atoms with E-state index < -0.39 is 0 Å². The molecule has 4 heavy (non-hydrogen) atoms. The van der Waals surface area contributed by atoms with Crippen molar-refractivity contribution < 1.29 is 5.21 Å². The van der Waals surface area contributed by atoms with Crippen LogP contribution in [0, 0.1) is 0 Å². The van der Waals surface area contributed by atoms with Gasteiger partial charge in [0, 0.05) is 0 Å². The molecule has 0 fully saturated rings. The highest BCUT2D eigenvalue weighted by molar-refractivity contribution is 7.96. The summed E-state index contributed by atoms with van der Waals surface area (Å²) in [4.78, 5) is 1.85. The van der Waals surface area contributed by atoms with E-state index in [9.17, 15) is 0 Å². The van der Waals surface area contributed by atoms with E-state index in [1.807, 2.05) is 4.89 Å². The molecule has 0 saturated carbocycles. The molecule has 0 saturated heterocycles. The molecular formula is CH5NOS. The van der Waals surface area contributed by atoms with Crippen LogP contribution >= 0.6 is 11.9 Å². The fraction of sp³-hybridized carbons (Fsp3) is 1.00. The molecule has 0 radical (unpaired) electrons. The predicted molar refractivity (Wildman–Crippen MR) is 18.4 cm³/mol. The third-order valence-electron chi connectivity index (χ3n) is 0.0913. The second kappa shape index (κ2) is 3.27. The van der Waals surface area contributed by atoms with Gasteiger partial charge >= 0.3 is 0 Å². The van der Waals surface area contributed by atoms with Gasteiger partial charge in [-0.15, -0.1) is 4.89 Å². The minimum absolute atomic E-state index is 1.16. The SMILES string of the molecule is CSNO. The van der Waals surface area contributed by atoms with Crippen molar-refractivity contribution in [1.82, 2.24) is 4.89 Å². The van der Waals surface area contributed by atoms with Gasteiger partial charge in [0.25, 0.3) is 0 Å². The first-order valence-corrected chi connectivity index (χ1v) is 2.06. The normalized spacial score (nSPS) is 7.50. The Morgan fingerprint density at radius 2 is 2.25 bits per heavy atom. The summed E-state index contributed by atoms with van der Waals surface area (Å²) in [6, 6.07) is 0. The van der Waals surface area contributed by atoms with E-state index in [-0.39, 0.29) is 0 Å². The van der Waals surface area contributed by atoms with Gasteiger partial charge in [0.1, 0.15) is 0 Å². The van der Waals surface area contributed by atoms with Crippen LogP contribution in [-0.2, 0) is 0 Å². The zero-order chi connectivity index (χ0) is 3.41. The molecule has 0 aliphatic carbocycles. The van der Waals surface area contributed by atoms with Crippen LogP contribution in [0.1, 0.15) is 0 Å². The summed E-state index contributed by atoms with van der Waals surface area (Å²) >= 11 is 1.16. The van der Waals surface area contributed by atoms with Crippen LogP contribution in [-0.4, -0.2) is 11.5 Å². The minimum Gasteiger partial charge on any atom is -0.306 e. The van der Waals surface area contributed by atoms with E-state index in [4.69, 9.17) is 5.21 Å². The summed E-state index contributed by atoms with van der Waals surface area (Å²) in [6.45, 7) is 0. The highest BCUT2D eigenvalue weighted by Gasteiger charge is 1.51. The molecule has 0 aromatic carbocycles. The van der Waals surface area contributed by atoms with Gasteiger partial charge < -0.3 is 5.21 Å². The molecular weight excluding hydrogens is 74.1 g/mol. The number of nitrogens with one attached hydrogen (secondary N) is 1. The van der Waals surface area contributed by atoms with Gasteiger partial charge in [-0.3, -0.25) is 0 Å². The Morgan fingerprint density at radius 1 is 2.00 bits per heavy atom. The number of rotatable bonds is 1. The first-order chi connectivity index (χ1) is 1.91. The zero-order valence-corrected chi connectivity index (χ0v) is 3.17. The lowest BCUT2D eigenvalue weighted by Gasteiger charge is -1.74. The average Bonchev–Trinajstić information content (AvgIpc) is 1.37. The quantitative estimate of drug-likeness (QED) is 0.349. The van der Waals surface area contributed by atoms with E-state index in [1.54, 1.807) is 6.26 Å². The minimum atomic E-state index is 1.16. The first kappa shape index (κ1) is 4.27. The molecule has 0 heterocycles. The summed E-state index contributed by atoms with van der Waals surface area (Å²) in [7, 11) is 0. The summed E-state index contributed by atoms with van der Waals surface area (Å²) in [5, 5.41) is 7.59. The Labute approximate surface area is 29.3 Å². The standard InChI is InChI=1S/CH5NOS/c1-4-2-3/h2-3H,1H3. The van der Waals surface area contributed by atoms with Crippen LogP contribution in [0.5, 0.6) is 0 Å². The van der Waals surface area contributed by atoms with Gasteiger partial charge in [0.15, 0.2) is 0 Å². The Balaban J connectivity index is 1.97. The molecule has 0 rings (SSSR count). The molecule has 26 valence electrons.